The molecule has 1 saturated heterocycles. The van der Waals surface area contributed by atoms with Crippen molar-refractivity contribution in [2.45, 2.75) is 32.2 Å². The van der Waals surface area contributed by atoms with Crippen LogP contribution in [0.15, 0.2) is 18.1 Å². The molecule has 1 aliphatic rings. The molecule has 1 fully saturated rings. The van der Waals surface area contributed by atoms with Gasteiger partial charge in [0, 0.05) is 31.5 Å². The maximum Gasteiger partial charge on any atom is 0.223 e. The molecule has 0 atom stereocenters. The molecule has 126 valence electrons. The Morgan fingerprint density at radius 3 is 2.74 bits per heavy atom. The molecule has 0 aromatic carbocycles. The lowest BCUT2D eigenvalue weighted by Crippen LogP contribution is -2.47. The number of likely N-dealkylation sites (tertiary alicyclic amines) is 1. The summed E-state index contributed by atoms with van der Waals surface area (Å²) in [7, 11) is 1.72. The molecule has 7 nitrogen and oxygen atoms in total. The monoisotopic (exact) mass is 317 g/mol. The van der Waals surface area contributed by atoms with E-state index >= 15 is 0 Å². The number of anilines is 1. The first-order valence-corrected chi connectivity index (χ1v) is 7.98. The number of nitrogens with zero attached hydrogens (tertiary/aromatic N) is 3. The summed E-state index contributed by atoms with van der Waals surface area (Å²) in [5.74, 6) is 0.972. The average Bonchev–Trinajstić information content (AvgIpc) is 3.09. The van der Waals surface area contributed by atoms with E-state index in [1.54, 1.807) is 19.3 Å². The molecule has 5 N–H and O–H groups in total. The van der Waals surface area contributed by atoms with Gasteiger partial charge in [0.1, 0.15) is 5.82 Å². The van der Waals surface area contributed by atoms with Crippen molar-refractivity contribution in [1.29, 1.82) is 5.41 Å². The Kier molecular flexibility index (Phi) is 5.54. The Morgan fingerprint density at radius 1 is 1.43 bits per heavy atom. The minimum absolute atomic E-state index is 0.0556. The zero-order valence-electron chi connectivity index (χ0n) is 14.2. The van der Waals surface area contributed by atoms with Crippen LogP contribution >= 0.6 is 0 Å². The first-order chi connectivity index (χ1) is 11.0. The molecular formula is C16H27N7. The summed E-state index contributed by atoms with van der Waals surface area (Å²) in [6, 6.07) is 1.75. The van der Waals surface area contributed by atoms with E-state index in [4.69, 9.17) is 11.1 Å². The number of nitrogens with two attached hydrogens (primary N) is 1. The topological polar surface area (TPSA) is 103 Å². The molecule has 0 saturated carbocycles. The number of aromatic nitrogens is 2. The highest BCUT2D eigenvalue weighted by atomic mass is 15.2. The van der Waals surface area contributed by atoms with Crippen molar-refractivity contribution in [3.05, 3.63) is 23.8 Å². The summed E-state index contributed by atoms with van der Waals surface area (Å²) in [5.41, 5.74) is 7.10. The lowest BCUT2D eigenvalue weighted by atomic mass is 10.0. The summed E-state index contributed by atoms with van der Waals surface area (Å²) in [5, 5.41) is 13.7. The summed E-state index contributed by atoms with van der Waals surface area (Å²) < 4.78 is 0. The molecule has 1 aromatic heterocycles. The van der Waals surface area contributed by atoms with Gasteiger partial charge in [-0.15, -0.1) is 0 Å². The molecule has 0 amide bonds. The second-order valence-electron chi connectivity index (χ2n) is 6.35. The van der Waals surface area contributed by atoms with Crippen LogP contribution in [0.2, 0.25) is 0 Å². The van der Waals surface area contributed by atoms with Crippen molar-refractivity contribution in [1.82, 2.24) is 20.2 Å². The minimum atomic E-state index is 0.0556. The first-order valence-electron chi connectivity index (χ1n) is 7.98. The van der Waals surface area contributed by atoms with Crippen molar-refractivity contribution in [2.24, 2.45) is 5.73 Å². The Hall–Kier alpha value is -2.15. The molecular weight excluding hydrogens is 290 g/mol. The quantitative estimate of drug-likeness (QED) is 0.565. The molecule has 1 aromatic rings. The molecule has 23 heavy (non-hydrogen) atoms. The number of nitrogens with one attached hydrogen (secondary N) is 3. The van der Waals surface area contributed by atoms with Gasteiger partial charge in [0.15, 0.2) is 0 Å². The Morgan fingerprint density at radius 2 is 2.13 bits per heavy atom. The first kappa shape index (κ1) is 17.2. The van der Waals surface area contributed by atoms with Crippen molar-refractivity contribution in [3.63, 3.8) is 0 Å². The van der Waals surface area contributed by atoms with Crippen LogP contribution in [0.4, 0.5) is 5.95 Å². The van der Waals surface area contributed by atoms with Gasteiger partial charge in [-0.1, -0.05) is 0 Å². The second kappa shape index (κ2) is 7.41. The minimum Gasteiger partial charge on any atom is -0.385 e. The largest absolute Gasteiger partial charge is 0.385 e. The molecule has 0 radical (unpaired) electrons. The fourth-order valence-electron chi connectivity index (χ4n) is 2.75. The predicted molar refractivity (Wildman–Crippen MR) is 94.4 cm³/mol. The van der Waals surface area contributed by atoms with E-state index < -0.39 is 0 Å². The van der Waals surface area contributed by atoms with Crippen LogP contribution in [-0.2, 0) is 0 Å². The van der Waals surface area contributed by atoms with Crippen LogP contribution in [0, 0.1) is 5.41 Å². The maximum absolute atomic E-state index is 7.53. The van der Waals surface area contributed by atoms with Crippen molar-refractivity contribution in [2.75, 3.05) is 32.0 Å². The molecule has 0 spiro atoms. The van der Waals surface area contributed by atoms with Gasteiger partial charge in [-0.05, 0) is 45.8 Å². The molecule has 0 unspecified atom stereocenters. The molecule has 7 heteroatoms. The SMILES string of the molecule is CN/C(N)=C(\C=N)c1ccnc(NCC(C)(C)N2CCCC2)n1. The zero-order valence-corrected chi connectivity index (χ0v) is 14.2. The lowest BCUT2D eigenvalue weighted by Gasteiger charge is -2.35. The van der Waals surface area contributed by atoms with E-state index in [0.717, 1.165) is 19.6 Å². The summed E-state index contributed by atoms with van der Waals surface area (Å²) in [6.07, 6.45) is 5.42. The van der Waals surface area contributed by atoms with Gasteiger partial charge in [0.05, 0.1) is 11.3 Å². The van der Waals surface area contributed by atoms with Gasteiger partial charge in [-0.3, -0.25) is 4.90 Å². The van der Waals surface area contributed by atoms with E-state index in [2.05, 4.69) is 39.3 Å². The second-order valence-corrected chi connectivity index (χ2v) is 6.35. The standard InChI is InChI=1S/C16H27N7/c1-16(2,23-8-4-5-9-23)11-21-15-20-7-6-13(22-15)12(10-17)14(18)19-3/h6-7,10,17,19H,4-5,8-9,11,18H2,1-3H3,(H,20,21,22)/b14-12+,17-10?. The fourth-order valence-corrected chi connectivity index (χ4v) is 2.75. The van der Waals surface area contributed by atoms with E-state index in [0.29, 0.717) is 23.0 Å². The van der Waals surface area contributed by atoms with Crippen LogP contribution in [0.1, 0.15) is 32.4 Å². The predicted octanol–water partition coefficient (Wildman–Crippen LogP) is 1.26. The van der Waals surface area contributed by atoms with Gasteiger partial charge in [-0.2, -0.15) is 0 Å². The third-order valence-electron chi connectivity index (χ3n) is 4.28. The van der Waals surface area contributed by atoms with Gasteiger partial charge >= 0.3 is 0 Å². The van der Waals surface area contributed by atoms with Crippen LogP contribution in [0.3, 0.4) is 0 Å². The highest BCUT2D eigenvalue weighted by Crippen LogP contribution is 2.21. The third-order valence-corrected chi connectivity index (χ3v) is 4.28. The van der Waals surface area contributed by atoms with Crippen molar-refractivity contribution < 1.29 is 0 Å². The summed E-state index contributed by atoms with van der Waals surface area (Å²) in [6.45, 7) is 7.53. The number of hydrogen-bond donors (Lipinski definition) is 4. The molecule has 1 aliphatic heterocycles. The highest BCUT2D eigenvalue weighted by molar-refractivity contribution is 6.08. The summed E-state index contributed by atoms with van der Waals surface area (Å²) in [4.78, 5) is 11.2. The fraction of sp³-hybridized carbons (Fsp3) is 0.562. The van der Waals surface area contributed by atoms with Crippen LogP contribution in [0.25, 0.3) is 5.57 Å². The van der Waals surface area contributed by atoms with E-state index in [1.165, 1.54) is 19.1 Å². The van der Waals surface area contributed by atoms with E-state index in [1.807, 2.05) is 0 Å². The Bertz CT molecular complexity index is 574. The van der Waals surface area contributed by atoms with Gasteiger partial charge in [0.25, 0.3) is 0 Å². The lowest BCUT2D eigenvalue weighted by molar-refractivity contribution is 0.167. The van der Waals surface area contributed by atoms with Gasteiger partial charge in [0.2, 0.25) is 5.95 Å². The maximum atomic E-state index is 7.53. The van der Waals surface area contributed by atoms with Crippen LogP contribution in [0.5, 0.6) is 0 Å². The van der Waals surface area contributed by atoms with Gasteiger partial charge in [-0.25, -0.2) is 9.97 Å². The molecule has 0 bridgehead atoms. The Labute approximate surface area is 137 Å². The molecule has 2 heterocycles. The van der Waals surface area contributed by atoms with E-state index in [9.17, 15) is 0 Å². The summed E-state index contributed by atoms with van der Waals surface area (Å²) >= 11 is 0. The van der Waals surface area contributed by atoms with Crippen LogP contribution < -0.4 is 16.4 Å². The van der Waals surface area contributed by atoms with E-state index in [-0.39, 0.29) is 5.54 Å². The van der Waals surface area contributed by atoms with Gasteiger partial charge < -0.3 is 21.8 Å². The number of hydrogen-bond acceptors (Lipinski definition) is 7. The van der Waals surface area contributed by atoms with Crippen molar-refractivity contribution in [3.8, 4) is 0 Å². The number of rotatable bonds is 7. The van der Waals surface area contributed by atoms with Crippen LogP contribution in [-0.4, -0.2) is 53.3 Å². The number of allylic oxidation sites excluding steroid dienone is 1. The molecule has 2 rings (SSSR count). The third kappa shape index (κ3) is 4.19. The normalized spacial score (nSPS) is 16.8. The average molecular weight is 317 g/mol. The van der Waals surface area contributed by atoms with Crippen molar-refractivity contribution >= 4 is 17.7 Å². The zero-order chi connectivity index (χ0) is 16.9. The smallest absolute Gasteiger partial charge is 0.223 e. The highest BCUT2D eigenvalue weighted by Gasteiger charge is 2.28. The Balaban J connectivity index is 2.09. The molecule has 0 aliphatic carbocycles.